The summed E-state index contributed by atoms with van der Waals surface area (Å²) in [7, 11) is 0. The topological polar surface area (TPSA) is 43.8 Å². The molecule has 1 aliphatic rings. The Kier molecular flexibility index (Phi) is 3.77. The molecular formula is C17H23N3. The molecule has 1 aromatic heterocycles. The molecule has 0 saturated heterocycles. The van der Waals surface area contributed by atoms with E-state index in [0.29, 0.717) is 6.04 Å². The maximum atomic E-state index is 6.19. The van der Waals surface area contributed by atoms with Crippen LogP contribution in [0.5, 0.6) is 0 Å². The van der Waals surface area contributed by atoms with Crippen molar-refractivity contribution in [1.82, 2.24) is 9.78 Å². The molecule has 1 aromatic carbocycles. The van der Waals surface area contributed by atoms with Gasteiger partial charge in [0.15, 0.2) is 0 Å². The lowest BCUT2D eigenvalue weighted by molar-refractivity contribution is 0.412. The second-order valence-corrected chi connectivity index (χ2v) is 5.91. The molecule has 0 bridgehead atoms. The van der Waals surface area contributed by atoms with Gasteiger partial charge in [-0.15, -0.1) is 0 Å². The molecule has 1 saturated carbocycles. The van der Waals surface area contributed by atoms with Gasteiger partial charge in [-0.2, -0.15) is 5.10 Å². The van der Waals surface area contributed by atoms with Gasteiger partial charge < -0.3 is 5.73 Å². The van der Waals surface area contributed by atoms with Crippen LogP contribution in [-0.2, 0) is 0 Å². The maximum absolute atomic E-state index is 6.19. The van der Waals surface area contributed by atoms with Crippen LogP contribution < -0.4 is 5.73 Å². The molecule has 0 unspecified atom stereocenters. The molecule has 3 heteroatoms. The van der Waals surface area contributed by atoms with Crippen molar-refractivity contribution in [3.05, 3.63) is 35.9 Å². The minimum atomic E-state index is 0.483. The highest BCUT2D eigenvalue weighted by molar-refractivity contribution is 5.62. The molecule has 0 aliphatic heterocycles. The molecule has 3 rings (SSSR count). The van der Waals surface area contributed by atoms with Gasteiger partial charge in [0, 0.05) is 11.6 Å². The average molecular weight is 269 g/mol. The maximum Gasteiger partial charge on any atom is 0.122 e. The number of hydrogen-bond acceptors (Lipinski definition) is 2. The first kappa shape index (κ1) is 13.2. The van der Waals surface area contributed by atoms with Crippen LogP contribution in [0.4, 0.5) is 5.82 Å². The smallest absolute Gasteiger partial charge is 0.122 e. The van der Waals surface area contributed by atoms with Crippen molar-refractivity contribution < 1.29 is 0 Å². The standard InChI is InChI=1S/C17H23N3/c1-13-8-10-14(11-9-13)16-12-17(18)20(19-16)15-6-4-2-3-5-7-15/h8-12,15H,2-7,18H2,1H3. The molecule has 0 atom stereocenters. The molecule has 0 amide bonds. The van der Waals surface area contributed by atoms with E-state index in [-0.39, 0.29) is 0 Å². The van der Waals surface area contributed by atoms with Crippen LogP contribution in [-0.4, -0.2) is 9.78 Å². The Bertz CT molecular complexity index is 560. The van der Waals surface area contributed by atoms with Crippen molar-refractivity contribution in [2.75, 3.05) is 5.73 Å². The van der Waals surface area contributed by atoms with E-state index in [0.717, 1.165) is 17.1 Å². The first-order chi connectivity index (χ1) is 9.74. The fourth-order valence-electron chi connectivity index (χ4n) is 3.07. The predicted molar refractivity (Wildman–Crippen MR) is 83.6 cm³/mol. The third kappa shape index (κ3) is 2.72. The van der Waals surface area contributed by atoms with Crippen LogP contribution >= 0.6 is 0 Å². The van der Waals surface area contributed by atoms with Gasteiger partial charge in [-0.3, -0.25) is 0 Å². The highest BCUT2D eigenvalue weighted by Gasteiger charge is 2.18. The van der Waals surface area contributed by atoms with Crippen LogP contribution in [0.2, 0.25) is 0 Å². The lowest BCUT2D eigenvalue weighted by Gasteiger charge is -2.16. The van der Waals surface area contributed by atoms with E-state index < -0.39 is 0 Å². The normalized spacial score (nSPS) is 17.1. The number of nitrogens with zero attached hydrogens (tertiary/aromatic N) is 2. The van der Waals surface area contributed by atoms with E-state index in [1.54, 1.807) is 0 Å². The lowest BCUT2D eigenvalue weighted by atomic mass is 10.1. The summed E-state index contributed by atoms with van der Waals surface area (Å²) in [5.41, 5.74) is 9.60. The van der Waals surface area contributed by atoms with Gasteiger partial charge in [0.1, 0.15) is 5.82 Å². The van der Waals surface area contributed by atoms with Gasteiger partial charge in [0.05, 0.1) is 11.7 Å². The quantitative estimate of drug-likeness (QED) is 0.824. The zero-order valence-corrected chi connectivity index (χ0v) is 12.2. The number of nitrogen functional groups attached to an aromatic ring is 1. The summed E-state index contributed by atoms with van der Waals surface area (Å²) in [4.78, 5) is 0. The molecule has 0 radical (unpaired) electrons. The molecule has 3 nitrogen and oxygen atoms in total. The van der Waals surface area contributed by atoms with Gasteiger partial charge >= 0.3 is 0 Å². The van der Waals surface area contributed by atoms with Gasteiger partial charge in [-0.1, -0.05) is 55.5 Å². The summed E-state index contributed by atoms with van der Waals surface area (Å²) in [5.74, 6) is 0.799. The van der Waals surface area contributed by atoms with Gasteiger partial charge in [0.25, 0.3) is 0 Å². The van der Waals surface area contributed by atoms with Crippen LogP contribution in [0.3, 0.4) is 0 Å². The average Bonchev–Trinajstić information content (AvgIpc) is 2.67. The highest BCUT2D eigenvalue weighted by Crippen LogP contribution is 2.30. The van der Waals surface area contributed by atoms with E-state index >= 15 is 0 Å². The number of benzene rings is 1. The zero-order valence-electron chi connectivity index (χ0n) is 12.2. The third-order valence-corrected chi connectivity index (χ3v) is 4.28. The number of anilines is 1. The number of nitrogens with two attached hydrogens (primary N) is 1. The largest absolute Gasteiger partial charge is 0.384 e. The molecule has 20 heavy (non-hydrogen) atoms. The molecule has 1 aliphatic carbocycles. The SMILES string of the molecule is Cc1ccc(-c2cc(N)n(C3CCCCCC3)n2)cc1. The Hall–Kier alpha value is -1.77. The molecule has 1 heterocycles. The lowest BCUT2D eigenvalue weighted by Crippen LogP contribution is -2.12. The fourth-order valence-corrected chi connectivity index (χ4v) is 3.07. The zero-order chi connectivity index (χ0) is 13.9. The van der Waals surface area contributed by atoms with Crippen molar-refractivity contribution in [2.45, 2.75) is 51.5 Å². The van der Waals surface area contributed by atoms with Crippen molar-refractivity contribution in [3.8, 4) is 11.3 Å². The summed E-state index contributed by atoms with van der Waals surface area (Å²) in [6, 6.07) is 11.0. The van der Waals surface area contributed by atoms with E-state index in [2.05, 4.69) is 35.9 Å². The highest BCUT2D eigenvalue weighted by atomic mass is 15.3. The van der Waals surface area contributed by atoms with Gasteiger partial charge in [-0.25, -0.2) is 4.68 Å². The molecule has 2 N–H and O–H groups in total. The minimum Gasteiger partial charge on any atom is -0.384 e. The second kappa shape index (κ2) is 5.70. The van der Waals surface area contributed by atoms with Crippen molar-refractivity contribution in [1.29, 1.82) is 0 Å². The van der Waals surface area contributed by atoms with Crippen molar-refractivity contribution in [2.24, 2.45) is 0 Å². The van der Waals surface area contributed by atoms with Crippen molar-refractivity contribution >= 4 is 5.82 Å². The Balaban J connectivity index is 1.88. The first-order valence-corrected chi connectivity index (χ1v) is 7.66. The molecule has 106 valence electrons. The van der Waals surface area contributed by atoms with Crippen LogP contribution in [0.1, 0.15) is 50.1 Å². The van der Waals surface area contributed by atoms with E-state index in [9.17, 15) is 0 Å². The van der Waals surface area contributed by atoms with Crippen LogP contribution in [0, 0.1) is 6.92 Å². The summed E-state index contributed by atoms with van der Waals surface area (Å²) < 4.78 is 2.06. The van der Waals surface area contributed by atoms with Gasteiger partial charge in [-0.05, 0) is 19.8 Å². The first-order valence-electron chi connectivity index (χ1n) is 7.66. The van der Waals surface area contributed by atoms with Crippen LogP contribution in [0.15, 0.2) is 30.3 Å². The molecular weight excluding hydrogens is 246 g/mol. The number of rotatable bonds is 2. The third-order valence-electron chi connectivity index (χ3n) is 4.28. The monoisotopic (exact) mass is 269 g/mol. The Labute approximate surface area is 120 Å². The Morgan fingerprint density at radius 1 is 1.05 bits per heavy atom. The Morgan fingerprint density at radius 2 is 1.70 bits per heavy atom. The van der Waals surface area contributed by atoms with E-state index in [1.807, 2.05) is 6.07 Å². The predicted octanol–water partition coefficient (Wildman–Crippen LogP) is 4.34. The molecule has 0 spiro atoms. The number of aromatic nitrogens is 2. The van der Waals surface area contributed by atoms with Gasteiger partial charge in [0.2, 0.25) is 0 Å². The summed E-state index contributed by atoms with van der Waals surface area (Å²) in [6.45, 7) is 2.10. The van der Waals surface area contributed by atoms with Crippen molar-refractivity contribution in [3.63, 3.8) is 0 Å². The minimum absolute atomic E-state index is 0.483. The molecule has 1 fully saturated rings. The number of hydrogen-bond donors (Lipinski definition) is 1. The fraction of sp³-hybridized carbons (Fsp3) is 0.471. The summed E-state index contributed by atoms with van der Waals surface area (Å²) in [5, 5.41) is 4.77. The van der Waals surface area contributed by atoms with E-state index in [1.165, 1.54) is 44.1 Å². The van der Waals surface area contributed by atoms with E-state index in [4.69, 9.17) is 10.8 Å². The van der Waals surface area contributed by atoms with Crippen LogP contribution in [0.25, 0.3) is 11.3 Å². The Morgan fingerprint density at radius 3 is 2.35 bits per heavy atom. The summed E-state index contributed by atoms with van der Waals surface area (Å²) in [6.07, 6.45) is 7.71. The molecule has 2 aromatic rings. The second-order valence-electron chi connectivity index (χ2n) is 5.91. The number of aryl methyl sites for hydroxylation is 1. The summed E-state index contributed by atoms with van der Waals surface area (Å²) >= 11 is 0.